The Balaban J connectivity index is 1.76. The lowest BCUT2D eigenvalue weighted by atomic mass is 10.2. The average molecular weight is 431 g/mol. The zero-order valence-electron chi connectivity index (χ0n) is 15.4. The van der Waals surface area contributed by atoms with Crippen LogP contribution in [0, 0.1) is 5.82 Å². The summed E-state index contributed by atoms with van der Waals surface area (Å²) in [7, 11) is -3.85. The molecule has 29 heavy (non-hydrogen) atoms. The molecular weight excluding hydrogens is 411 g/mol. The van der Waals surface area contributed by atoms with E-state index in [0.29, 0.717) is 18.7 Å². The Hall–Kier alpha value is -2.97. The maximum atomic E-state index is 13.0. The molecule has 1 amide bonds. The standard InChI is InChI=1S/C21H19FN2O3S2/c1-2-13-24(15-19-4-3-14-28-19)21(25)16-5-11-20(12-6-16)29(26,27)23-18-9-7-17(22)8-10-18/h2-12,14,23H,1,13,15H2. The van der Waals surface area contributed by atoms with Crippen LogP contribution in [0.1, 0.15) is 15.2 Å². The van der Waals surface area contributed by atoms with Gasteiger partial charge in [-0.2, -0.15) is 0 Å². The van der Waals surface area contributed by atoms with E-state index in [1.165, 1.54) is 48.5 Å². The summed E-state index contributed by atoms with van der Waals surface area (Å²) in [6.45, 7) is 4.53. The van der Waals surface area contributed by atoms with Crippen LogP contribution in [-0.2, 0) is 16.6 Å². The normalized spacial score (nSPS) is 11.1. The summed E-state index contributed by atoms with van der Waals surface area (Å²) in [5, 5.41) is 1.94. The highest BCUT2D eigenvalue weighted by atomic mass is 32.2. The highest BCUT2D eigenvalue weighted by Gasteiger charge is 2.18. The van der Waals surface area contributed by atoms with Crippen LogP contribution in [0.15, 0.2) is 83.6 Å². The fraction of sp³-hybridized carbons (Fsp3) is 0.0952. The van der Waals surface area contributed by atoms with Crippen molar-refractivity contribution in [3.63, 3.8) is 0 Å². The number of hydrogen-bond acceptors (Lipinski definition) is 4. The van der Waals surface area contributed by atoms with E-state index in [1.54, 1.807) is 22.3 Å². The number of hydrogen-bond donors (Lipinski definition) is 1. The molecule has 2 aromatic carbocycles. The van der Waals surface area contributed by atoms with E-state index in [2.05, 4.69) is 11.3 Å². The number of nitrogens with zero attached hydrogens (tertiary/aromatic N) is 1. The van der Waals surface area contributed by atoms with Gasteiger partial charge >= 0.3 is 0 Å². The van der Waals surface area contributed by atoms with Crippen LogP contribution in [0.4, 0.5) is 10.1 Å². The van der Waals surface area contributed by atoms with Crippen molar-refractivity contribution in [2.24, 2.45) is 0 Å². The van der Waals surface area contributed by atoms with Gasteiger partial charge in [-0.25, -0.2) is 12.8 Å². The minimum Gasteiger partial charge on any atom is -0.330 e. The Kier molecular flexibility index (Phi) is 6.46. The molecule has 8 heteroatoms. The highest BCUT2D eigenvalue weighted by Crippen LogP contribution is 2.19. The van der Waals surface area contributed by atoms with E-state index in [4.69, 9.17) is 0 Å². The Morgan fingerprint density at radius 3 is 2.38 bits per heavy atom. The molecule has 0 unspecified atom stereocenters. The SMILES string of the molecule is C=CCN(Cc1cccs1)C(=O)c1ccc(S(=O)(=O)Nc2ccc(F)cc2)cc1. The number of anilines is 1. The van der Waals surface area contributed by atoms with Crippen LogP contribution in [0.5, 0.6) is 0 Å². The predicted octanol–water partition coefficient (Wildman–Crippen LogP) is 4.52. The van der Waals surface area contributed by atoms with E-state index < -0.39 is 15.8 Å². The minimum absolute atomic E-state index is 0.00639. The number of carbonyl (C=O) groups excluding carboxylic acids is 1. The predicted molar refractivity (Wildman–Crippen MR) is 113 cm³/mol. The van der Waals surface area contributed by atoms with Gasteiger partial charge in [-0.05, 0) is 60.0 Å². The zero-order chi connectivity index (χ0) is 20.9. The van der Waals surface area contributed by atoms with Crippen molar-refractivity contribution in [3.05, 3.63) is 95.0 Å². The van der Waals surface area contributed by atoms with Crippen LogP contribution in [-0.4, -0.2) is 25.8 Å². The van der Waals surface area contributed by atoms with Gasteiger partial charge in [-0.15, -0.1) is 17.9 Å². The van der Waals surface area contributed by atoms with Crippen LogP contribution < -0.4 is 4.72 Å². The molecule has 0 aliphatic carbocycles. The monoisotopic (exact) mass is 430 g/mol. The number of nitrogens with one attached hydrogen (secondary N) is 1. The Bertz CT molecular complexity index is 1080. The molecule has 1 heterocycles. The third-order valence-corrected chi connectivity index (χ3v) is 6.33. The fourth-order valence-electron chi connectivity index (χ4n) is 2.66. The number of carbonyl (C=O) groups is 1. The molecule has 150 valence electrons. The number of rotatable bonds is 8. The molecule has 0 spiro atoms. The molecule has 3 rings (SSSR count). The van der Waals surface area contributed by atoms with Crippen molar-refractivity contribution >= 4 is 33.0 Å². The Morgan fingerprint density at radius 2 is 1.79 bits per heavy atom. The molecule has 3 aromatic rings. The van der Waals surface area contributed by atoms with Crippen molar-refractivity contribution < 1.29 is 17.6 Å². The molecule has 0 aliphatic rings. The number of halogens is 1. The number of benzene rings is 2. The molecule has 0 aliphatic heterocycles. The third-order valence-electron chi connectivity index (χ3n) is 4.07. The molecule has 1 aromatic heterocycles. The maximum absolute atomic E-state index is 13.0. The topological polar surface area (TPSA) is 66.5 Å². The van der Waals surface area contributed by atoms with Crippen LogP contribution in [0.25, 0.3) is 0 Å². The summed E-state index contributed by atoms with van der Waals surface area (Å²) < 4.78 is 40.4. The molecule has 0 saturated heterocycles. The molecule has 1 N–H and O–H groups in total. The van der Waals surface area contributed by atoms with E-state index in [9.17, 15) is 17.6 Å². The van der Waals surface area contributed by atoms with Crippen molar-refractivity contribution in [2.45, 2.75) is 11.4 Å². The second-order valence-corrected chi connectivity index (χ2v) is 8.91. The summed E-state index contributed by atoms with van der Waals surface area (Å²) in [4.78, 5) is 15.5. The van der Waals surface area contributed by atoms with Gasteiger partial charge in [-0.3, -0.25) is 9.52 Å². The first-order valence-electron chi connectivity index (χ1n) is 8.70. The summed E-state index contributed by atoms with van der Waals surface area (Å²) in [6, 6.07) is 14.6. The summed E-state index contributed by atoms with van der Waals surface area (Å²) in [5.41, 5.74) is 0.629. The van der Waals surface area contributed by atoms with Crippen molar-refractivity contribution in [3.8, 4) is 0 Å². The third kappa shape index (κ3) is 5.30. The molecule has 5 nitrogen and oxygen atoms in total. The number of amides is 1. The van der Waals surface area contributed by atoms with Gasteiger partial charge < -0.3 is 4.90 Å². The fourth-order valence-corrected chi connectivity index (χ4v) is 4.44. The van der Waals surface area contributed by atoms with Crippen molar-refractivity contribution in [2.75, 3.05) is 11.3 Å². The van der Waals surface area contributed by atoms with Gasteiger partial charge in [-0.1, -0.05) is 12.1 Å². The molecule has 0 radical (unpaired) electrons. The minimum atomic E-state index is -3.85. The lowest BCUT2D eigenvalue weighted by molar-refractivity contribution is 0.0764. The molecular formula is C21H19FN2O3S2. The Morgan fingerprint density at radius 1 is 1.10 bits per heavy atom. The first kappa shape index (κ1) is 20.8. The zero-order valence-corrected chi connectivity index (χ0v) is 17.0. The lowest BCUT2D eigenvalue weighted by Crippen LogP contribution is -2.30. The van der Waals surface area contributed by atoms with Crippen LogP contribution >= 0.6 is 11.3 Å². The van der Waals surface area contributed by atoms with Crippen LogP contribution in [0.3, 0.4) is 0 Å². The smallest absolute Gasteiger partial charge is 0.261 e. The van der Waals surface area contributed by atoms with Gasteiger partial charge in [0.05, 0.1) is 11.4 Å². The first-order valence-corrected chi connectivity index (χ1v) is 11.1. The van der Waals surface area contributed by atoms with Gasteiger partial charge in [0.1, 0.15) is 5.82 Å². The average Bonchev–Trinajstić information content (AvgIpc) is 3.22. The van der Waals surface area contributed by atoms with Crippen molar-refractivity contribution in [1.29, 1.82) is 0 Å². The van der Waals surface area contributed by atoms with E-state index in [-0.39, 0.29) is 16.5 Å². The van der Waals surface area contributed by atoms with Gasteiger partial charge in [0.15, 0.2) is 0 Å². The second kappa shape index (κ2) is 9.02. The van der Waals surface area contributed by atoms with E-state index in [0.717, 1.165) is 4.88 Å². The van der Waals surface area contributed by atoms with E-state index >= 15 is 0 Å². The first-order chi connectivity index (χ1) is 13.9. The summed E-state index contributed by atoms with van der Waals surface area (Å²) in [5.74, 6) is -0.670. The number of thiophene rings is 1. The van der Waals surface area contributed by atoms with Gasteiger partial charge in [0.2, 0.25) is 0 Å². The highest BCUT2D eigenvalue weighted by molar-refractivity contribution is 7.92. The second-order valence-electron chi connectivity index (χ2n) is 6.19. The molecule has 0 bridgehead atoms. The Labute approximate surface area is 173 Å². The summed E-state index contributed by atoms with van der Waals surface area (Å²) in [6.07, 6.45) is 1.65. The largest absolute Gasteiger partial charge is 0.330 e. The van der Waals surface area contributed by atoms with Gasteiger partial charge in [0, 0.05) is 22.7 Å². The molecule has 0 fully saturated rings. The molecule has 0 saturated carbocycles. The maximum Gasteiger partial charge on any atom is 0.261 e. The van der Waals surface area contributed by atoms with Crippen LogP contribution in [0.2, 0.25) is 0 Å². The van der Waals surface area contributed by atoms with E-state index in [1.807, 2.05) is 17.5 Å². The molecule has 0 atom stereocenters. The van der Waals surface area contributed by atoms with Crippen molar-refractivity contribution in [1.82, 2.24) is 4.90 Å². The quantitative estimate of drug-likeness (QED) is 0.535. The lowest BCUT2D eigenvalue weighted by Gasteiger charge is -2.20. The number of sulfonamides is 1. The summed E-state index contributed by atoms with van der Waals surface area (Å²) >= 11 is 1.56. The van der Waals surface area contributed by atoms with Gasteiger partial charge in [0.25, 0.3) is 15.9 Å².